The van der Waals surface area contributed by atoms with Gasteiger partial charge in [0.1, 0.15) is 17.9 Å². The minimum atomic E-state index is -0.762. The Morgan fingerprint density at radius 2 is 2.29 bits per heavy atom. The number of nitrogens with one attached hydrogen (secondary N) is 2. The Hall–Kier alpha value is -2.08. The molecular weight excluding hydrogens is 272 g/mol. The molecule has 2 aliphatic heterocycles. The first-order valence-corrected chi connectivity index (χ1v) is 7.08. The molecule has 0 bridgehead atoms. The van der Waals surface area contributed by atoms with Gasteiger partial charge in [-0.05, 0) is 19.1 Å². The highest BCUT2D eigenvalue weighted by molar-refractivity contribution is 5.98. The van der Waals surface area contributed by atoms with Gasteiger partial charge >= 0.3 is 5.97 Å². The molecule has 1 fully saturated rings. The van der Waals surface area contributed by atoms with Crippen molar-refractivity contribution in [2.45, 2.75) is 12.5 Å². The van der Waals surface area contributed by atoms with Crippen LogP contribution in [0, 0.1) is 5.92 Å². The molecule has 2 heterocycles. The van der Waals surface area contributed by atoms with Gasteiger partial charge in [0.25, 0.3) is 5.91 Å². The van der Waals surface area contributed by atoms with E-state index in [0.29, 0.717) is 31.0 Å². The van der Waals surface area contributed by atoms with Crippen LogP contribution in [0.2, 0.25) is 0 Å². The normalized spacial score (nSPS) is 27.5. The van der Waals surface area contributed by atoms with E-state index in [9.17, 15) is 9.59 Å². The third kappa shape index (κ3) is 2.35. The molecule has 2 atom stereocenters. The molecular formula is C15H18N2O4. The monoisotopic (exact) mass is 290 g/mol. The van der Waals surface area contributed by atoms with E-state index in [-0.39, 0.29) is 18.5 Å². The van der Waals surface area contributed by atoms with Crippen molar-refractivity contribution in [3.8, 4) is 5.75 Å². The highest BCUT2D eigenvalue weighted by atomic mass is 16.5. The number of carbonyl (C=O) groups is 2. The van der Waals surface area contributed by atoms with Crippen LogP contribution >= 0.6 is 0 Å². The zero-order chi connectivity index (χ0) is 14.9. The molecule has 0 saturated carbocycles. The summed E-state index contributed by atoms with van der Waals surface area (Å²) in [6.45, 7) is 3.28. The number of fused-ring (bicyclic) bond motifs is 1. The number of ether oxygens (including phenoxy) is 2. The molecule has 0 aliphatic carbocycles. The Kier molecular flexibility index (Phi) is 3.55. The van der Waals surface area contributed by atoms with Crippen LogP contribution in [-0.2, 0) is 9.53 Å². The number of benzene rings is 1. The van der Waals surface area contributed by atoms with Crippen molar-refractivity contribution < 1.29 is 19.1 Å². The molecule has 2 aliphatic rings. The second-order valence-corrected chi connectivity index (χ2v) is 5.33. The topological polar surface area (TPSA) is 76.7 Å². The standard InChI is InChI=1S/C15H18N2O4/c1-2-20-14(19)11-7-16-8-15(11)9-21-12-6-4-3-5-10(12)13(18)17-15/h3-6,11,16H,2,7-9H2,1H3,(H,17,18). The van der Waals surface area contributed by atoms with Gasteiger partial charge in [-0.1, -0.05) is 12.1 Å². The lowest BCUT2D eigenvalue weighted by Gasteiger charge is -2.31. The molecule has 0 radical (unpaired) electrons. The molecule has 21 heavy (non-hydrogen) atoms. The molecule has 0 aromatic heterocycles. The summed E-state index contributed by atoms with van der Waals surface area (Å²) in [5.41, 5.74) is -0.272. The van der Waals surface area contributed by atoms with Crippen molar-refractivity contribution in [3.63, 3.8) is 0 Å². The minimum Gasteiger partial charge on any atom is -0.490 e. The molecule has 6 heteroatoms. The van der Waals surface area contributed by atoms with E-state index in [4.69, 9.17) is 9.47 Å². The third-order valence-corrected chi connectivity index (χ3v) is 4.01. The van der Waals surface area contributed by atoms with Crippen molar-refractivity contribution in [1.82, 2.24) is 10.6 Å². The predicted molar refractivity (Wildman–Crippen MR) is 75.1 cm³/mol. The fraction of sp³-hybridized carbons (Fsp3) is 0.467. The van der Waals surface area contributed by atoms with E-state index in [2.05, 4.69) is 10.6 Å². The maximum absolute atomic E-state index is 12.4. The van der Waals surface area contributed by atoms with Crippen LogP contribution in [0.3, 0.4) is 0 Å². The SMILES string of the molecule is CCOC(=O)C1CNCC12COc1ccccc1C(=O)N2. The Morgan fingerprint density at radius 1 is 1.48 bits per heavy atom. The lowest BCUT2D eigenvalue weighted by atomic mass is 9.87. The summed E-state index contributed by atoms with van der Waals surface area (Å²) in [5.74, 6) is -0.435. The van der Waals surface area contributed by atoms with Crippen LogP contribution in [0.4, 0.5) is 0 Å². The van der Waals surface area contributed by atoms with Gasteiger partial charge in [-0.15, -0.1) is 0 Å². The number of rotatable bonds is 2. The molecule has 3 rings (SSSR count). The quantitative estimate of drug-likeness (QED) is 0.768. The first-order chi connectivity index (χ1) is 10.2. The van der Waals surface area contributed by atoms with Crippen LogP contribution in [0.1, 0.15) is 17.3 Å². The largest absolute Gasteiger partial charge is 0.490 e. The van der Waals surface area contributed by atoms with Crippen molar-refractivity contribution in [3.05, 3.63) is 29.8 Å². The molecule has 1 aromatic carbocycles. The zero-order valence-corrected chi connectivity index (χ0v) is 11.8. The molecule has 1 spiro atoms. The number of hydrogen-bond acceptors (Lipinski definition) is 5. The summed E-state index contributed by atoms with van der Waals surface area (Å²) >= 11 is 0. The van der Waals surface area contributed by atoms with E-state index in [1.807, 2.05) is 6.07 Å². The van der Waals surface area contributed by atoms with E-state index in [1.165, 1.54) is 0 Å². The maximum Gasteiger partial charge on any atom is 0.312 e. The van der Waals surface area contributed by atoms with Gasteiger partial charge in [0.05, 0.1) is 18.1 Å². The summed E-state index contributed by atoms with van der Waals surface area (Å²) < 4.78 is 10.9. The fourth-order valence-electron chi connectivity index (χ4n) is 2.91. The van der Waals surface area contributed by atoms with Gasteiger partial charge in [0.15, 0.2) is 0 Å². The van der Waals surface area contributed by atoms with Crippen LogP contribution in [0.25, 0.3) is 0 Å². The summed E-state index contributed by atoms with van der Waals surface area (Å²) in [5, 5.41) is 6.12. The second-order valence-electron chi connectivity index (χ2n) is 5.33. The van der Waals surface area contributed by atoms with E-state index in [0.717, 1.165) is 0 Å². The van der Waals surface area contributed by atoms with Crippen molar-refractivity contribution >= 4 is 11.9 Å². The lowest BCUT2D eigenvalue weighted by molar-refractivity contribution is -0.149. The molecule has 1 aromatic rings. The maximum atomic E-state index is 12.4. The van der Waals surface area contributed by atoms with Crippen LogP contribution in [0.5, 0.6) is 5.75 Å². The molecule has 1 amide bonds. The molecule has 2 N–H and O–H groups in total. The van der Waals surface area contributed by atoms with E-state index >= 15 is 0 Å². The Bertz CT molecular complexity index is 575. The summed E-state index contributed by atoms with van der Waals surface area (Å²) in [6, 6.07) is 7.08. The van der Waals surface area contributed by atoms with Gasteiger partial charge < -0.3 is 20.1 Å². The zero-order valence-electron chi connectivity index (χ0n) is 11.8. The van der Waals surface area contributed by atoms with Crippen molar-refractivity contribution in [2.75, 3.05) is 26.3 Å². The second kappa shape index (κ2) is 5.37. The van der Waals surface area contributed by atoms with Crippen LogP contribution in [0.15, 0.2) is 24.3 Å². The van der Waals surface area contributed by atoms with Gasteiger partial charge in [-0.25, -0.2) is 0 Å². The number of carbonyl (C=O) groups excluding carboxylic acids is 2. The molecule has 2 unspecified atom stereocenters. The number of para-hydroxylation sites is 1. The third-order valence-electron chi connectivity index (χ3n) is 4.01. The summed E-state index contributed by atoms with van der Waals surface area (Å²) in [4.78, 5) is 24.6. The van der Waals surface area contributed by atoms with Gasteiger partial charge in [-0.3, -0.25) is 9.59 Å². The predicted octanol–water partition coefficient (Wildman–Crippen LogP) is 0.330. The molecule has 6 nitrogen and oxygen atoms in total. The summed E-state index contributed by atoms with van der Waals surface area (Å²) in [6.07, 6.45) is 0. The Balaban J connectivity index is 1.90. The van der Waals surface area contributed by atoms with Crippen LogP contribution < -0.4 is 15.4 Å². The first kappa shape index (κ1) is 13.9. The Labute approximate surface area is 122 Å². The molecule has 112 valence electrons. The van der Waals surface area contributed by atoms with Gasteiger partial charge in [-0.2, -0.15) is 0 Å². The van der Waals surface area contributed by atoms with Crippen LogP contribution in [-0.4, -0.2) is 43.7 Å². The highest BCUT2D eigenvalue weighted by Crippen LogP contribution is 2.30. The fourth-order valence-corrected chi connectivity index (χ4v) is 2.91. The van der Waals surface area contributed by atoms with E-state index in [1.54, 1.807) is 25.1 Å². The van der Waals surface area contributed by atoms with Gasteiger partial charge in [0, 0.05) is 13.1 Å². The van der Waals surface area contributed by atoms with Gasteiger partial charge in [0.2, 0.25) is 0 Å². The average molecular weight is 290 g/mol. The minimum absolute atomic E-state index is 0.221. The first-order valence-electron chi connectivity index (χ1n) is 7.08. The Morgan fingerprint density at radius 3 is 3.10 bits per heavy atom. The summed E-state index contributed by atoms with van der Waals surface area (Å²) in [7, 11) is 0. The number of esters is 1. The van der Waals surface area contributed by atoms with Crippen molar-refractivity contribution in [2.24, 2.45) is 5.92 Å². The number of hydrogen-bond donors (Lipinski definition) is 2. The van der Waals surface area contributed by atoms with E-state index < -0.39 is 11.5 Å². The average Bonchev–Trinajstić information content (AvgIpc) is 2.83. The molecule has 1 saturated heterocycles. The lowest BCUT2D eigenvalue weighted by Crippen LogP contribution is -2.59. The smallest absolute Gasteiger partial charge is 0.312 e. The highest BCUT2D eigenvalue weighted by Gasteiger charge is 2.51. The van der Waals surface area contributed by atoms with Crippen molar-refractivity contribution in [1.29, 1.82) is 0 Å². The number of amides is 1.